The number of benzene rings is 2. The van der Waals surface area contributed by atoms with Gasteiger partial charge in [-0.05, 0) is 53.6 Å². The Labute approximate surface area is 123 Å². The van der Waals surface area contributed by atoms with Crippen LogP contribution in [0.2, 0.25) is 0 Å². The van der Waals surface area contributed by atoms with Crippen LogP contribution in [0, 0.1) is 12.3 Å². The quantitative estimate of drug-likeness (QED) is 0.800. The first-order valence-electron chi connectivity index (χ1n) is 7.71. The molecule has 0 atom stereocenters. The molecule has 0 saturated carbocycles. The van der Waals surface area contributed by atoms with E-state index in [4.69, 9.17) is 0 Å². The molecule has 0 radical (unpaired) electrons. The molecular weight excluding hydrogens is 242 g/mol. The molecule has 0 saturated heterocycles. The van der Waals surface area contributed by atoms with Crippen molar-refractivity contribution in [3.8, 4) is 0 Å². The zero-order valence-corrected chi connectivity index (χ0v) is 13.3. The minimum atomic E-state index is 0.347. The highest BCUT2D eigenvalue weighted by atomic mass is 14.9. The number of rotatable bonds is 6. The molecule has 108 valence electrons. The van der Waals surface area contributed by atoms with Crippen LogP contribution in [0.15, 0.2) is 36.4 Å². The fourth-order valence-corrected chi connectivity index (χ4v) is 2.79. The van der Waals surface area contributed by atoms with Gasteiger partial charge in [0.25, 0.3) is 0 Å². The van der Waals surface area contributed by atoms with Crippen LogP contribution in [-0.2, 0) is 6.42 Å². The average Bonchev–Trinajstić information content (AvgIpc) is 2.44. The van der Waals surface area contributed by atoms with Gasteiger partial charge in [-0.25, -0.2) is 0 Å². The van der Waals surface area contributed by atoms with Crippen molar-refractivity contribution in [2.45, 2.75) is 40.5 Å². The molecule has 2 aromatic carbocycles. The highest BCUT2D eigenvalue weighted by Gasteiger charge is 2.18. The second-order valence-corrected chi connectivity index (χ2v) is 6.53. The predicted octanol–water partition coefficient (Wildman–Crippen LogP) is 4.72. The zero-order valence-electron chi connectivity index (χ0n) is 13.3. The highest BCUT2D eigenvalue weighted by molar-refractivity contribution is 5.86. The van der Waals surface area contributed by atoms with E-state index in [0.717, 1.165) is 19.5 Å². The number of fused-ring (bicyclic) bond motifs is 1. The van der Waals surface area contributed by atoms with Crippen molar-refractivity contribution in [1.29, 1.82) is 0 Å². The molecular formula is C19H27N. The summed E-state index contributed by atoms with van der Waals surface area (Å²) < 4.78 is 0. The van der Waals surface area contributed by atoms with Crippen LogP contribution in [0.1, 0.15) is 38.3 Å². The van der Waals surface area contributed by atoms with E-state index in [9.17, 15) is 0 Å². The van der Waals surface area contributed by atoms with Crippen molar-refractivity contribution in [1.82, 2.24) is 5.32 Å². The first kappa shape index (κ1) is 15.1. The van der Waals surface area contributed by atoms with Gasteiger partial charge in [-0.15, -0.1) is 0 Å². The molecule has 0 spiro atoms. The van der Waals surface area contributed by atoms with E-state index >= 15 is 0 Å². The Morgan fingerprint density at radius 2 is 1.80 bits per heavy atom. The third kappa shape index (κ3) is 3.61. The van der Waals surface area contributed by atoms with E-state index in [1.54, 1.807) is 0 Å². The number of hydrogen-bond acceptors (Lipinski definition) is 1. The van der Waals surface area contributed by atoms with Crippen LogP contribution in [-0.4, -0.2) is 13.1 Å². The normalized spacial score (nSPS) is 12.0. The first-order valence-corrected chi connectivity index (χ1v) is 7.71. The Morgan fingerprint density at radius 1 is 1.05 bits per heavy atom. The van der Waals surface area contributed by atoms with E-state index in [2.05, 4.69) is 69.4 Å². The summed E-state index contributed by atoms with van der Waals surface area (Å²) in [7, 11) is 0. The van der Waals surface area contributed by atoms with Crippen LogP contribution < -0.4 is 5.32 Å². The molecule has 0 aliphatic carbocycles. The standard InChI is InChI=1S/C19H27N/c1-5-20-14-19(3,4)13-12-17-15(2)10-11-16-8-6-7-9-18(16)17/h6-11,20H,5,12-14H2,1-4H3. The van der Waals surface area contributed by atoms with Crippen LogP contribution in [0.4, 0.5) is 0 Å². The molecule has 0 aliphatic rings. The summed E-state index contributed by atoms with van der Waals surface area (Å²) in [6.45, 7) is 11.3. The van der Waals surface area contributed by atoms with Crippen molar-refractivity contribution in [2.24, 2.45) is 5.41 Å². The Bertz CT molecular complexity index is 569. The van der Waals surface area contributed by atoms with Crippen molar-refractivity contribution < 1.29 is 0 Å². The van der Waals surface area contributed by atoms with Gasteiger partial charge in [0.1, 0.15) is 0 Å². The van der Waals surface area contributed by atoms with Gasteiger partial charge in [0.05, 0.1) is 0 Å². The van der Waals surface area contributed by atoms with Gasteiger partial charge in [0.2, 0.25) is 0 Å². The largest absolute Gasteiger partial charge is 0.316 e. The van der Waals surface area contributed by atoms with Gasteiger partial charge in [-0.3, -0.25) is 0 Å². The van der Waals surface area contributed by atoms with Gasteiger partial charge in [0, 0.05) is 6.54 Å². The van der Waals surface area contributed by atoms with Gasteiger partial charge < -0.3 is 5.32 Å². The molecule has 2 aromatic rings. The Morgan fingerprint density at radius 3 is 2.55 bits per heavy atom. The molecule has 1 heteroatoms. The van der Waals surface area contributed by atoms with Gasteiger partial charge >= 0.3 is 0 Å². The summed E-state index contributed by atoms with van der Waals surface area (Å²) >= 11 is 0. The molecule has 0 amide bonds. The number of aryl methyl sites for hydroxylation is 2. The second kappa shape index (κ2) is 6.41. The third-order valence-electron chi connectivity index (χ3n) is 4.18. The summed E-state index contributed by atoms with van der Waals surface area (Å²) in [6.07, 6.45) is 2.38. The molecule has 0 bridgehead atoms. The van der Waals surface area contributed by atoms with Gasteiger partial charge in [-0.1, -0.05) is 57.2 Å². The van der Waals surface area contributed by atoms with E-state index in [1.165, 1.54) is 28.3 Å². The lowest BCUT2D eigenvalue weighted by Gasteiger charge is -2.25. The summed E-state index contributed by atoms with van der Waals surface area (Å²) in [6, 6.07) is 13.2. The van der Waals surface area contributed by atoms with Crippen molar-refractivity contribution in [3.05, 3.63) is 47.5 Å². The monoisotopic (exact) mass is 269 g/mol. The molecule has 0 fully saturated rings. The lowest BCUT2D eigenvalue weighted by Crippen LogP contribution is -2.29. The van der Waals surface area contributed by atoms with Crippen molar-refractivity contribution in [3.63, 3.8) is 0 Å². The third-order valence-corrected chi connectivity index (χ3v) is 4.18. The molecule has 1 nitrogen and oxygen atoms in total. The van der Waals surface area contributed by atoms with Crippen molar-refractivity contribution >= 4 is 10.8 Å². The predicted molar refractivity (Wildman–Crippen MR) is 89.3 cm³/mol. The van der Waals surface area contributed by atoms with E-state index in [0.29, 0.717) is 5.41 Å². The SMILES string of the molecule is CCNCC(C)(C)CCc1c(C)ccc2ccccc12. The fourth-order valence-electron chi connectivity index (χ4n) is 2.79. The Balaban J connectivity index is 2.19. The van der Waals surface area contributed by atoms with Crippen LogP contribution in [0.3, 0.4) is 0 Å². The molecule has 20 heavy (non-hydrogen) atoms. The van der Waals surface area contributed by atoms with E-state index in [1.807, 2.05) is 0 Å². The summed E-state index contributed by atoms with van der Waals surface area (Å²) in [5, 5.41) is 6.26. The van der Waals surface area contributed by atoms with E-state index < -0.39 is 0 Å². The molecule has 2 rings (SSSR count). The number of hydrogen-bond donors (Lipinski definition) is 1. The molecule has 0 unspecified atom stereocenters. The summed E-state index contributed by atoms with van der Waals surface area (Å²) in [5.74, 6) is 0. The smallest absolute Gasteiger partial charge is 0.000251 e. The van der Waals surface area contributed by atoms with E-state index in [-0.39, 0.29) is 0 Å². The first-order chi connectivity index (χ1) is 9.53. The van der Waals surface area contributed by atoms with Crippen molar-refractivity contribution in [2.75, 3.05) is 13.1 Å². The maximum atomic E-state index is 3.48. The molecule has 0 heterocycles. The topological polar surface area (TPSA) is 12.0 Å². The maximum absolute atomic E-state index is 3.48. The lowest BCUT2D eigenvalue weighted by molar-refractivity contribution is 0.318. The Hall–Kier alpha value is -1.34. The minimum Gasteiger partial charge on any atom is -0.316 e. The number of nitrogens with one attached hydrogen (secondary N) is 1. The van der Waals surface area contributed by atoms with Crippen LogP contribution in [0.5, 0.6) is 0 Å². The average molecular weight is 269 g/mol. The Kier molecular flexibility index (Phi) is 4.82. The molecule has 0 aromatic heterocycles. The van der Waals surface area contributed by atoms with Crippen LogP contribution in [0.25, 0.3) is 10.8 Å². The lowest BCUT2D eigenvalue weighted by atomic mass is 9.84. The second-order valence-electron chi connectivity index (χ2n) is 6.53. The maximum Gasteiger partial charge on any atom is 0.000251 e. The highest BCUT2D eigenvalue weighted by Crippen LogP contribution is 2.28. The zero-order chi connectivity index (χ0) is 14.6. The van der Waals surface area contributed by atoms with Gasteiger partial charge in [0.15, 0.2) is 0 Å². The summed E-state index contributed by atoms with van der Waals surface area (Å²) in [4.78, 5) is 0. The van der Waals surface area contributed by atoms with Gasteiger partial charge in [-0.2, -0.15) is 0 Å². The molecule has 1 N–H and O–H groups in total. The molecule has 0 aliphatic heterocycles. The fraction of sp³-hybridized carbons (Fsp3) is 0.474. The minimum absolute atomic E-state index is 0.347. The van der Waals surface area contributed by atoms with Crippen LogP contribution >= 0.6 is 0 Å². The summed E-state index contributed by atoms with van der Waals surface area (Å²) in [5.41, 5.74) is 3.29.